The second kappa shape index (κ2) is 4.13. The third-order valence-electron chi connectivity index (χ3n) is 2.54. The van der Waals surface area contributed by atoms with Gasteiger partial charge in [-0.3, -0.25) is 4.40 Å². The number of fused-ring (bicyclic) bond motifs is 1. The van der Waals surface area contributed by atoms with Gasteiger partial charge in [-0.05, 0) is 40.2 Å². The first-order valence-electron chi connectivity index (χ1n) is 5.11. The van der Waals surface area contributed by atoms with E-state index in [0.29, 0.717) is 21.6 Å². The van der Waals surface area contributed by atoms with Gasteiger partial charge in [-0.2, -0.15) is 0 Å². The second-order valence-corrected chi connectivity index (χ2v) is 4.42. The van der Waals surface area contributed by atoms with Crippen molar-refractivity contribution in [3.8, 4) is 11.4 Å². The summed E-state index contributed by atoms with van der Waals surface area (Å²) in [6, 6.07) is 5.41. The van der Waals surface area contributed by atoms with E-state index in [1.807, 2.05) is 0 Å². The maximum absolute atomic E-state index is 13.2. The molecule has 0 saturated heterocycles. The number of imidazole rings is 1. The average molecular weight is 310 g/mol. The topological polar surface area (TPSA) is 30.2 Å². The summed E-state index contributed by atoms with van der Waals surface area (Å²) < 4.78 is 28.4. The van der Waals surface area contributed by atoms with Crippen LogP contribution in [0.2, 0.25) is 0 Å². The molecule has 0 aliphatic rings. The van der Waals surface area contributed by atoms with E-state index in [-0.39, 0.29) is 0 Å². The van der Waals surface area contributed by atoms with E-state index in [0.717, 1.165) is 12.1 Å². The highest BCUT2D eigenvalue weighted by atomic mass is 79.9. The maximum atomic E-state index is 13.2. The van der Waals surface area contributed by atoms with E-state index in [1.165, 1.54) is 6.07 Å². The van der Waals surface area contributed by atoms with Gasteiger partial charge in [0.1, 0.15) is 5.82 Å². The van der Waals surface area contributed by atoms with Crippen LogP contribution in [-0.4, -0.2) is 14.4 Å². The lowest BCUT2D eigenvalue weighted by atomic mass is 10.2. The summed E-state index contributed by atoms with van der Waals surface area (Å²) in [7, 11) is 0. The molecule has 2 aromatic heterocycles. The van der Waals surface area contributed by atoms with Crippen molar-refractivity contribution in [2.75, 3.05) is 0 Å². The van der Waals surface area contributed by atoms with Crippen LogP contribution in [0, 0.1) is 11.6 Å². The molecule has 0 aliphatic carbocycles. The summed E-state index contributed by atoms with van der Waals surface area (Å²) >= 11 is 3.29. The van der Waals surface area contributed by atoms with Gasteiger partial charge in [0.15, 0.2) is 21.9 Å². The van der Waals surface area contributed by atoms with Gasteiger partial charge in [-0.15, -0.1) is 0 Å². The summed E-state index contributed by atoms with van der Waals surface area (Å²) in [5, 5.41) is 0. The molecule has 3 aromatic rings. The monoisotopic (exact) mass is 309 g/mol. The van der Waals surface area contributed by atoms with E-state index in [2.05, 4.69) is 25.9 Å². The molecular formula is C12H6BrF2N3. The van der Waals surface area contributed by atoms with Gasteiger partial charge < -0.3 is 0 Å². The van der Waals surface area contributed by atoms with Crippen LogP contribution in [0.5, 0.6) is 0 Å². The van der Waals surface area contributed by atoms with Crippen LogP contribution in [0.4, 0.5) is 8.78 Å². The highest BCUT2D eigenvalue weighted by Gasteiger charge is 2.13. The minimum Gasteiger partial charge on any atom is -0.283 e. The van der Waals surface area contributed by atoms with E-state index in [1.54, 1.807) is 22.9 Å². The van der Waals surface area contributed by atoms with Crippen LogP contribution in [0.3, 0.4) is 0 Å². The summed E-state index contributed by atoms with van der Waals surface area (Å²) in [6.07, 6.45) is 3.40. The Morgan fingerprint density at radius 3 is 2.78 bits per heavy atom. The number of aromatic nitrogens is 3. The Kier molecular flexibility index (Phi) is 2.59. The zero-order chi connectivity index (χ0) is 12.7. The lowest BCUT2D eigenvalue weighted by molar-refractivity contribution is 0.509. The molecule has 3 nitrogen and oxygen atoms in total. The summed E-state index contributed by atoms with van der Waals surface area (Å²) in [4.78, 5) is 8.41. The molecule has 2 heterocycles. The van der Waals surface area contributed by atoms with Crippen molar-refractivity contribution in [3.63, 3.8) is 0 Å². The molecule has 18 heavy (non-hydrogen) atoms. The first-order valence-corrected chi connectivity index (χ1v) is 5.90. The highest BCUT2D eigenvalue weighted by Crippen LogP contribution is 2.25. The van der Waals surface area contributed by atoms with Gasteiger partial charge in [-0.25, -0.2) is 18.7 Å². The van der Waals surface area contributed by atoms with E-state index < -0.39 is 11.6 Å². The highest BCUT2D eigenvalue weighted by molar-refractivity contribution is 9.10. The van der Waals surface area contributed by atoms with Crippen LogP contribution >= 0.6 is 15.9 Å². The van der Waals surface area contributed by atoms with E-state index in [9.17, 15) is 8.78 Å². The number of rotatable bonds is 1. The number of benzene rings is 1. The van der Waals surface area contributed by atoms with Crippen molar-refractivity contribution in [1.29, 1.82) is 0 Å². The van der Waals surface area contributed by atoms with Crippen LogP contribution in [-0.2, 0) is 0 Å². The minimum atomic E-state index is -0.899. The van der Waals surface area contributed by atoms with Crippen LogP contribution in [0.25, 0.3) is 17.0 Å². The Balaban J connectivity index is 2.28. The Labute approximate surface area is 109 Å². The predicted octanol–water partition coefficient (Wildman–Crippen LogP) is 3.44. The van der Waals surface area contributed by atoms with Crippen molar-refractivity contribution in [1.82, 2.24) is 14.4 Å². The molecule has 1 aromatic carbocycles. The van der Waals surface area contributed by atoms with Crippen LogP contribution < -0.4 is 0 Å². The average Bonchev–Trinajstić information content (AvgIpc) is 2.71. The Morgan fingerprint density at radius 2 is 2.00 bits per heavy atom. The largest absolute Gasteiger partial charge is 0.283 e. The van der Waals surface area contributed by atoms with Gasteiger partial charge in [0.25, 0.3) is 0 Å². The number of hydrogen-bond acceptors (Lipinski definition) is 2. The van der Waals surface area contributed by atoms with Crippen molar-refractivity contribution in [2.24, 2.45) is 0 Å². The van der Waals surface area contributed by atoms with Gasteiger partial charge in [-0.1, -0.05) is 0 Å². The lowest BCUT2D eigenvalue weighted by Crippen LogP contribution is -1.92. The molecule has 3 rings (SSSR count). The van der Waals surface area contributed by atoms with E-state index in [4.69, 9.17) is 0 Å². The third kappa shape index (κ3) is 1.69. The molecule has 90 valence electrons. The van der Waals surface area contributed by atoms with Gasteiger partial charge in [0.2, 0.25) is 0 Å². The molecule has 0 fully saturated rings. The van der Waals surface area contributed by atoms with Crippen LogP contribution in [0.1, 0.15) is 0 Å². The van der Waals surface area contributed by atoms with Crippen LogP contribution in [0.15, 0.2) is 41.3 Å². The molecule has 0 amide bonds. The quantitative estimate of drug-likeness (QED) is 0.689. The van der Waals surface area contributed by atoms with Gasteiger partial charge >= 0.3 is 0 Å². The summed E-state index contributed by atoms with van der Waals surface area (Å²) in [5.41, 5.74) is 1.11. The fourth-order valence-electron chi connectivity index (χ4n) is 1.73. The number of nitrogens with zero attached hydrogens (tertiary/aromatic N) is 3. The molecule has 6 heteroatoms. The second-order valence-electron chi connectivity index (χ2n) is 3.67. The third-order valence-corrected chi connectivity index (χ3v) is 3.07. The normalized spacial score (nSPS) is 11.1. The summed E-state index contributed by atoms with van der Waals surface area (Å²) in [5.74, 6) is -1.27. The molecule has 0 aliphatic heterocycles. The smallest absolute Gasteiger partial charge is 0.171 e. The molecule has 0 atom stereocenters. The fraction of sp³-hybridized carbons (Fsp3) is 0. The van der Waals surface area contributed by atoms with Crippen molar-refractivity contribution < 1.29 is 8.78 Å². The predicted molar refractivity (Wildman–Crippen MR) is 66.0 cm³/mol. The lowest BCUT2D eigenvalue weighted by Gasteiger charge is -2.01. The molecule has 0 bridgehead atoms. The number of halogens is 3. The zero-order valence-corrected chi connectivity index (χ0v) is 10.5. The molecular weight excluding hydrogens is 304 g/mol. The molecule has 0 N–H and O–H groups in total. The molecule has 0 saturated carbocycles. The first kappa shape index (κ1) is 11.3. The van der Waals surface area contributed by atoms with E-state index >= 15 is 0 Å². The van der Waals surface area contributed by atoms with Crippen molar-refractivity contribution >= 4 is 21.6 Å². The minimum absolute atomic E-state index is 0.489. The first-order chi connectivity index (χ1) is 8.66. The van der Waals surface area contributed by atoms with Crippen molar-refractivity contribution in [3.05, 3.63) is 52.9 Å². The molecule has 0 unspecified atom stereocenters. The van der Waals surface area contributed by atoms with Crippen molar-refractivity contribution in [2.45, 2.75) is 0 Å². The standard InChI is InChI=1S/C12H6BrF2N3/c13-10-12-16-4-1-5-18(12)11(17-10)7-2-3-8(14)9(15)6-7/h1-6H. The van der Waals surface area contributed by atoms with Gasteiger partial charge in [0, 0.05) is 18.0 Å². The summed E-state index contributed by atoms with van der Waals surface area (Å²) in [6.45, 7) is 0. The molecule has 0 spiro atoms. The Morgan fingerprint density at radius 1 is 1.17 bits per heavy atom. The maximum Gasteiger partial charge on any atom is 0.171 e. The Hall–Kier alpha value is -1.82. The SMILES string of the molecule is Fc1ccc(-c2nc(Br)c3ncccn23)cc1F. The Bertz CT molecular complexity index is 739. The van der Waals surface area contributed by atoms with Gasteiger partial charge in [0.05, 0.1) is 0 Å². The fourth-order valence-corrected chi connectivity index (χ4v) is 2.19. The molecule has 0 radical (unpaired) electrons. The number of hydrogen-bond donors (Lipinski definition) is 0. The zero-order valence-electron chi connectivity index (χ0n) is 8.94.